The molecule has 23 heavy (non-hydrogen) atoms. The van der Waals surface area contributed by atoms with Crippen LogP contribution in [-0.4, -0.2) is 62.9 Å². The van der Waals surface area contributed by atoms with Gasteiger partial charge in [-0.05, 0) is 6.42 Å². The summed E-state index contributed by atoms with van der Waals surface area (Å²) in [5.41, 5.74) is -0.00311. The van der Waals surface area contributed by atoms with Crippen molar-refractivity contribution in [1.29, 1.82) is 0 Å². The topological polar surface area (TPSA) is 85.5 Å². The lowest BCUT2D eigenvalue weighted by molar-refractivity contribution is 0.0272. The number of methoxy groups -OCH3 is 2. The summed E-state index contributed by atoms with van der Waals surface area (Å²) in [5.74, 6) is 1.30. The van der Waals surface area contributed by atoms with E-state index in [1.165, 1.54) is 0 Å². The van der Waals surface area contributed by atoms with E-state index in [9.17, 15) is 5.11 Å². The van der Waals surface area contributed by atoms with Gasteiger partial charge in [-0.1, -0.05) is 5.21 Å². The minimum Gasteiger partial charge on any atom is -0.493 e. The Bertz CT molecular complexity index is 649. The highest BCUT2D eigenvalue weighted by Gasteiger charge is 2.37. The maximum Gasteiger partial charge on any atom is 0.183 e. The predicted molar refractivity (Wildman–Crippen MR) is 82.2 cm³/mol. The molecular formula is C15H21N5O3. The van der Waals surface area contributed by atoms with E-state index in [-0.39, 0.29) is 0 Å². The van der Waals surface area contributed by atoms with E-state index < -0.39 is 5.60 Å². The average Bonchev–Trinajstić information content (AvgIpc) is 3.17. The third kappa shape index (κ3) is 3.43. The summed E-state index contributed by atoms with van der Waals surface area (Å²) in [4.78, 5) is 6.54. The molecule has 124 valence electrons. The molecule has 0 saturated carbocycles. The third-order valence-electron chi connectivity index (χ3n) is 4.08. The first kappa shape index (κ1) is 15.7. The van der Waals surface area contributed by atoms with E-state index in [1.54, 1.807) is 43.6 Å². The van der Waals surface area contributed by atoms with Crippen molar-refractivity contribution < 1.29 is 14.6 Å². The smallest absolute Gasteiger partial charge is 0.183 e. The quantitative estimate of drug-likeness (QED) is 0.821. The van der Waals surface area contributed by atoms with Crippen molar-refractivity contribution in [3.8, 4) is 11.5 Å². The summed E-state index contributed by atoms with van der Waals surface area (Å²) in [6.45, 7) is 2.37. The van der Waals surface area contributed by atoms with Gasteiger partial charge in [0.2, 0.25) is 0 Å². The van der Waals surface area contributed by atoms with Gasteiger partial charge in [-0.2, -0.15) is 0 Å². The van der Waals surface area contributed by atoms with Gasteiger partial charge in [0.1, 0.15) is 5.69 Å². The number of ether oxygens (including phenoxy) is 2. The van der Waals surface area contributed by atoms with Crippen LogP contribution in [0.3, 0.4) is 0 Å². The number of hydrogen-bond acceptors (Lipinski definition) is 7. The third-order valence-corrected chi connectivity index (χ3v) is 4.08. The highest BCUT2D eigenvalue weighted by atomic mass is 16.5. The molecule has 1 saturated heterocycles. The Hall–Kier alpha value is -2.19. The maximum absolute atomic E-state index is 10.7. The Kier molecular flexibility index (Phi) is 4.44. The molecule has 8 nitrogen and oxygen atoms in total. The lowest BCUT2D eigenvalue weighted by Gasteiger charge is -2.23. The molecule has 0 aromatic carbocycles. The van der Waals surface area contributed by atoms with Crippen LogP contribution in [0.25, 0.3) is 0 Å². The molecule has 0 radical (unpaired) electrons. The van der Waals surface area contributed by atoms with E-state index in [2.05, 4.69) is 20.2 Å². The fourth-order valence-corrected chi connectivity index (χ4v) is 3.00. The highest BCUT2D eigenvalue weighted by molar-refractivity contribution is 5.42. The Balaban J connectivity index is 1.68. The van der Waals surface area contributed by atoms with Crippen molar-refractivity contribution in [3.05, 3.63) is 30.4 Å². The van der Waals surface area contributed by atoms with Crippen LogP contribution in [0, 0.1) is 0 Å². The van der Waals surface area contributed by atoms with Crippen LogP contribution in [0.15, 0.2) is 24.7 Å². The van der Waals surface area contributed by atoms with Crippen molar-refractivity contribution >= 4 is 0 Å². The Morgan fingerprint density at radius 3 is 2.87 bits per heavy atom. The first-order valence-electron chi connectivity index (χ1n) is 7.48. The molecule has 0 aliphatic carbocycles. The molecule has 0 spiro atoms. The number of aliphatic hydroxyl groups is 1. The standard InChI is InChI=1S/C15H21N5O3/c1-22-13-3-5-16-12(14(13)23-2)9-19-7-4-15(21,10-19)11-20-8-6-17-18-20/h3,5-6,8,21H,4,7,9-11H2,1-2H3. The molecule has 2 aromatic heterocycles. The highest BCUT2D eigenvalue weighted by Crippen LogP contribution is 2.31. The zero-order valence-corrected chi connectivity index (χ0v) is 13.3. The van der Waals surface area contributed by atoms with Crippen LogP contribution in [0.4, 0.5) is 0 Å². The van der Waals surface area contributed by atoms with Crippen LogP contribution < -0.4 is 9.47 Å². The largest absolute Gasteiger partial charge is 0.493 e. The molecule has 1 unspecified atom stereocenters. The fraction of sp³-hybridized carbons (Fsp3) is 0.533. The van der Waals surface area contributed by atoms with Gasteiger partial charge in [0.25, 0.3) is 0 Å². The summed E-state index contributed by atoms with van der Waals surface area (Å²) < 4.78 is 12.4. The number of pyridine rings is 1. The van der Waals surface area contributed by atoms with Gasteiger partial charge in [-0.15, -0.1) is 5.10 Å². The zero-order chi connectivity index (χ0) is 16.3. The number of rotatable bonds is 6. The summed E-state index contributed by atoms with van der Waals surface area (Å²) in [6.07, 6.45) is 5.75. The average molecular weight is 319 g/mol. The van der Waals surface area contributed by atoms with Gasteiger partial charge in [0.15, 0.2) is 11.5 Å². The Morgan fingerprint density at radius 1 is 1.30 bits per heavy atom. The van der Waals surface area contributed by atoms with Gasteiger partial charge >= 0.3 is 0 Å². The Labute approximate surface area is 134 Å². The lowest BCUT2D eigenvalue weighted by atomic mass is 10.0. The van der Waals surface area contributed by atoms with E-state index in [0.29, 0.717) is 37.6 Å². The number of likely N-dealkylation sites (tertiary alicyclic amines) is 1. The van der Waals surface area contributed by atoms with Crippen LogP contribution in [0.1, 0.15) is 12.1 Å². The molecule has 8 heteroatoms. The van der Waals surface area contributed by atoms with Crippen molar-refractivity contribution in [2.75, 3.05) is 27.3 Å². The van der Waals surface area contributed by atoms with E-state index >= 15 is 0 Å². The molecule has 1 aliphatic rings. The van der Waals surface area contributed by atoms with Crippen LogP contribution in [-0.2, 0) is 13.1 Å². The number of nitrogens with zero attached hydrogens (tertiary/aromatic N) is 5. The normalized spacial score (nSPS) is 21.5. The van der Waals surface area contributed by atoms with Crippen molar-refractivity contribution in [2.45, 2.75) is 25.1 Å². The van der Waals surface area contributed by atoms with Gasteiger partial charge in [-0.25, -0.2) is 4.68 Å². The monoisotopic (exact) mass is 319 g/mol. The SMILES string of the molecule is COc1ccnc(CN2CCC(O)(Cn3ccnn3)C2)c1OC. The van der Waals surface area contributed by atoms with Crippen molar-refractivity contribution in [2.24, 2.45) is 0 Å². The molecule has 0 amide bonds. The van der Waals surface area contributed by atoms with Crippen molar-refractivity contribution in [1.82, 2.24) is 24.9 Å². The summed E-state index contributed by atoms with van der Waals surface area (Å²) in [5, 5.41) is 18.4. The summed E-state index contributed by atoms with van der Waals surface area (Å²) in [6, 6.07) is 1.77. The summed E-state index contributed by atoms with van der Waals surface area (Å²) in [7, 11) is 3.21. The molecule has 3 heterocycles. The second kappa shape index (κ2) is 6.51. The first-order chi connectivity index (χ1) is 11.1. The number of β-amino-alcohol motifs (C(OH)–C–C–N with tert-alkyl or cyclic N) is 1. The molecule has 1 fully saturated rings. The molecule has 0 bridgehead atoms. The lowest BCUT2D eigenvalue weighted by Crippen LogP contribution is -2.37. The molecule has 1 aliphatic heterocycles. The van der Waals surface area contributed by atoms with Crippen molar-refractivity contribution in [3.63, 3.8) is 0 Å². The maximum atomic E-state index is 10.7. The van der Waals surface area contributed by atoms with Gasteiger partial charge < -0.3 is 14.6 Å². The first-order valence-corrected chi connectivity index (χ1v) is 7.48. The van der Waals surface area contributed by atoms with E-state index in [1.807, 2.05) is 0 Å². The molecule has 3 rings (SSSR count). The number of aromatic nitrogens is 4. The second-order valence-corrected chi connectivity index (χ2v) is 5.78. The molecule has 1 atom stereocenters. The van der Waals surface area contributed by atoms with Crippen LogP contribution in [0.2, 0.25) is 0 Å². The van der Waals surface area contributed by atoms with Gasteiger partial charge in [0, 0.05) is 38.1 Å². The molecule has 2 aromatic rings. The van der Waals surface area contributed by atoms with E-state index in [4.69, 9.17) is 9.47 Å². The van der Waals surface area contributed by atoms with Gasteiger partial charge in [0.05, 0.1) is 32.6 Å². The van der Waals surface area contributed by atoms with E-state index in [0.717, 1.165) is 12.2 Å². The minimum atomic E-state index is -0.806. The number of hydrogen-bond donors (Lipinski definition) is 1. The summed E-state index contributed by atoms with van der Waals surface area (Å²) >= 11 is 0. The predicted octanol–water partition coefficient (Wildman–Crippen LogP) is 0.327. The van der Waals surface area contributed by atoms with Gasteiger partial charge in [-0.3, -0.25) is 9.88 Å². The minimum absolute atomic E-state index is 0.437. The molecule has 1 N–H and O–H groups in total. The Morgan fingerprint density at radius 2 is 2.17 bits per heavy atom. The second-order valence-electron chi connectivity index (χ2n) is 5.78. The molecular weight excluding hydrogens is 298 g/mol. The van der Waals surface area contributed by atoms with Crippen LogP contribution in [0.5, 0.6) is 11.5 Å². The fourth-order valence-electron chi connectivity index (χ4n) is 3.00. The zero-order valence-electron chi connectivity index (χ0n) is 13.3. The van der Waals surface area contributed by atoms with Crippen LogP contribution >= 0.6 is 0 Å².